The van der Waals surface area contributed by atoms with Gasteiger partial charge in [-0.25, -0.2) is 9.37 Å². The first-order chi connectivity index (χ1) is 16.2. The molecule has 0 saturated carbocycles. The number of rotatable bonds is 6. The minimum atomic E-state index is -0.866. The quantitative estimate of drug-likeness (QED) is 0.541. The van der Waals surface area contributed by atoms with Crippen LogP contribution in [0.4, 0.5) is 4.39 Å². The molecule has 1 fully saturated rings. The lowest BCUT2D eigenvalue weighted by molar-refractivity contribution is -0.135. The number of benzene rings is 1. The molecule has 0 spiro atoms. The van der Waals surface area contributed by atoms with Crippen molar-refractivity contribution >= 4 is 11.7 Å². The molecule has 3 N–H and O–H groups in total. The second-order valence-electron chi connectivity index (χ2n) is 8.91. The second kappa shape index (κ2) is 9.61. The maximum absolute atomic E-state index is 13.1. The van der Waals surface area contributed by atoms with E-state index >= 15 is 0 Å². The molecule has 2 aromatic rings. The van der Waals surface area contributed by atoms with E-state index in [2.05, 4.69) is 15.6 Å². The fourth-order valence-corrected chi connectivity index (χ4v) is 4.23. The maximum atomic E-state index is 13.1. The number of nitrogens with one attached hydrogen (secondary N) is 2. The van der Waals surface area contributed by atoms with Crippen molar-refractivity contribution in [1.82, 2.24) is 25.1 Å². The number of morpholine rings is 1. The van der Waals surface area contributed by atoms with Gasteiger partial charge in [-0.1, -0.05) is 12.1 Å². The van der Waals surface area contributed by atoms with Crippen molar-refractivity contribution in [1.29, 1.82) is 0 Å². The minimum absolute atomic E-state index is 0.0676. The summed E-state index contributed by atoms with van der Waals surface area (Å²) in [6.07, 6.45) is -0.533. The van der Waals surface area contributed by atoms with E-state index < -0.39 is 34.7 Å². The topological polar surface area (TPSA) is 126 Å². The largest absolute Gasteiger partial charge is 0.501 e. The van der Waals surface area contributed by atoms with Crippen LogP contribution in [0.1, 0.15) is 35.7 Å². The molecule has 0 bridgehead atoms. The number of aromatic hydroxyl groups is 1. The van der Waals surface area contributed by atoms with Gasteiger partial charge >= 0.3 is 0 Å². The van der Waals surface area contributed by atoms with Crippen molar-refractivity contribution in [2.24, 2.45) is 0 Å². The number of Topliss-reactive ketones (excluding diaryl/α,β-unsaturated/α-hetero) is 1. The molecule has 0 radical (unpaired) electrons. The first-order valence-corrected chi connectivity index (χ1v) is 11.2. The van der Waals surface area contributed by atoms with E-state index in [1.165, 1.54) is 28.8 Å². The highest BCUT2D eigenvalue weighted by Crippen LogP contribution is 2.30. The average molecular weight is 474 g/mol. The molecule has 10 nitrogen and oxygen atoms in total. The number of carbonyl (C=O) groups excluding carboxylic acids is 2. The van der Waals surface area contributed by atoms with Crippen molar-refractivity contribution < 1.29 is 23.8 Å². The number of carbonyl (C=O) groups is 2. The van der Waals surface area contributed by atoms with Gasteiger partial charge in [-0.3, -0.25) is 23.9 Å². The lowest BCUT2D eigenvalue weighted by Gasteiger charge is -2.43. The first-order valence-electron chi connectivity index (χ1n) is 11.2. The third kappa shape index (κ3) is 4.72. The third-order valence-electron chi connectivity index (χ3n) is 6.29. The van der Waals surface area contributed by atoms with Gasteiger partial charge in [0.1, 0.15) is 17.7 Å². The van der Waals surface area contributed by atoms with Gasteiger partial charge < -0.3 is 20.5 Å². The Kier molecular flexibility index (Phi) is 6.78. The molecule has 1 aromatic heterocycles. The van der Waals surface area contributed by atoms with Crippen LogP contribution in [0.5, 0.6) is 5.75 Å². The van der Waals surface area contributed by atoms with Gasteiger partial charge in [-0.05, 0) is 31.5 Å². The maximum Gasteiger partial charge on any atom is 0.296 e. The van der Waals surface area contributed by atoms with Crippen molar-refractivity contribution in [3.05, 3.63) is 57.5 Å². The average Bonchev–Trinajstić information content (AvgIpc) is 2.83. The summed E-state index contributed by atoms with van der Waals surface area (Å²) in [5.74, 6) is -1.65. The molecule has 1 atom stereocenters. The Morgan fingerprint density at radius 3 is 2.71 bits per heavy atom. The first kappa shape index (κ1) is 24.0. The SMILES string of the molecule is CC1(C)c2nc(C(=O)NCc3ccc(F)cc3)c(O)c(=O)n2CCN1CC(=O)C1CNCCO1. The minimum Gasteiger partial charge on any atom is -0.501 e. The Morgan fingerprint density at radius 1 is 1.29 bits per heavy atom. The van der Waals surface area contributed by atoms with Gasteiger partial charge in [0.05, 0.1) is 18.7 Å². The van der Waals surface area contributed by atoms with Crippen LogP contribution < -0.4 is 16.2 Å². The van der Waals surface area contributed by atoms with E-state index in [0.717, 1.165) is 0 Å². The summed E-state index contributed by atoms with van der Waals surface area (Å²) in [6.45, 7) is 6.03. The normalized spacial score (nSPS) is 19.9. The van der Waals surface area contributed by atoms with Crippen LogP contribution in [0, 0.1) is 5.82 Å². The molecule has 3 heterocycles. The highest BCUT2D eigenvalue weighted by atomic mass is 19.1. The molecule has 11 heteroatoms. The van der Waals surface area contributed by atoms with Crippen LogP contribution in [0.3, 0.4) is 0 Å². The fraction of sp³-hybridized carbons (Fsp3) is 0.478. The third-order valence-corrected chi connectivity index (χ3v) is 6.29. The summed E-state index contributed by atoms with van der Waals surface area (Å²) in [6, 6.07) is 5.59. The summed E-state index contributed by atoms with van der Waals surface area (Å²) in [7, 11) is 0. The monoisotopic (exact) mass is 473 g/mol. The van der Waals surface area contributed by atoms with Crippen molar-refractivity contribution in [2.75, 3.05) is 32.8 Å². The van der Waals surface area contributed by atoms with Crippen LogP contribution >= 0.6 is 0 Å². The van der Waals surface area contributed by atoms with Gasteiger partial charge in [0.15, 0.2) is 11.5 Å². The lowest BCUT2D eigenvalue weighted by atomic mass is 9.97. The Hall–Kier alpha value is -3.15. The predicted octanol–water partition coefficient (Wildman–Crippen LogP) is 0.126. The zero-order valence-corrected chi connectivity index (χ0v) is 19.1. The number of hydrogen-bond donors (Lipinski definition) is 3. The number of aromatic nitrogens is 2. The molecule has 4 rings (SSSR count). The molecule has 182 valence electrons. The summed E-state index contributed by atoms with van der Waals surface area (Å²) in [4.78, 5) is 44.7. The fourth-order valence-electron chi connectivity index (χ4n) is 4.23. The molecule has 1 amide bonds. The summed E-state index contributed by atoms with van der Waals surface area (Å²) < 4.78 is 20.0. The van der Waals surface area contributed by atoms with Gasteiger partial charge in [-0.2, -0.15) is 0 Å². The number of amides is 1. The standard InChI is InChI=1S/C23H28FN5O5/c1-23(2)22-27-18(20(32)26-11-14-3-5-15(24)6-4-14)19(31)21(33)29(22)9-8-28(23)13-16(30)17-12-25-7-10-34-17/h3-6,17,25,31H,7-13H2,1-2H3,(H,26,32). The molecule has 1 saturated heterocycles. The van der Waals surface area contributed by atoms with Crippen LogP contribution in [0.2, 0.25) is 0 Å². The van der Waals surface area contributed by atoms with E-state index in [1.54, 1.807) is 0 Å². The smallest absolute Gasteiger partial charge is 0.296 e. The van der Waals surface area contributed by atoms with E-state index in [4.69, 9.17) is 4.74 Å². The summed E-state index contributed by atoms with van der Waals surface area (Å²) in [5.41, 5.74) is -1.32. The van der Waals surface area contributed by atoms with Crippen molar-refractivity contribution in [3.63, 3.8) is 0 Å². The van der Waals surface area contributed by atoms with Crippen LogP contribution in [0.15, 0.2) is 29.1 Å². The van der Waals surface area contributed by atoms with E-state index in [0.29, 0.717) is 31.8 Å². The van der Waals surface area contributed by atoms with Gasteiger partial charge in [0, 0.05) is 32.7 Å². The number of nitrogens with zero attached hydrogens (tertiary/aromatic N) is 3. The van der Waals surface area contributed by atoms with E-state index in [9.17, 15) is 23.9 Å². The van der Waals surface area contributed by atoms with E-state index in [-0.39, 0.29) is 36.9 Å². The molecule has 0 aliphatic carbocycles. The second-order valence-corrected chi connectivity index (χ2v) is 8.91. The molecule has 1 aromatic carbocycles. The summed E-state index contributed by atoms with van der Waals surface area (Å²) in [5, 5.41) is 16.1. The molecular formula is C23H28FN5O5. The van der Waals surface area contributed by atoms with Gasteiger partial charge in [0.2, 0.25) is 5.75 Å². The Morgan fingerprint density at radius 2 is 2.03 bits per heavy atom. The Bertz CT molecular complexity index is 1140. The zero-order chi connectivity index (χ0) is 24.5. The molecule has 2 aliphatic rings. The summed E-state index contributed by atoms with van der Waals surface area (Å²) >= 11 is 0. The van der Waals surface area contributed by atoms with Crippen LogP contribution in [-0.2, 0) is 28.2 Å². The lowest BCUT2D eigenvalue weighted by Crippen LogP contribution is -2.56. The van der Waals surface area contributed by atoms with Crippen LogP contribution in [-0.4, -0.2) is 70.1 Å². The van der Waals surface area contributed by atoms with Crippen molar-refractivity contribution in [3.8, 4) is 5.75 Å². The van der Waals surface area contributed by atoms with E-state index in [1.807, 2.05) is 18.7 Å². The number of ether oxygens (including phenoxy) is 1. The van der Waals surface area contributed by atoms with Crippen molar-refractivity contribution in [2.45, 2.75) is 38.6 Å². The molecular weight excluding hydrogens is 445 g/mol. The Balaban J connectivity index is 1.56. The molecule has 2 aliphatic heterocycles. The Labute approximate surface area is 195 Å². The van der Waals surface area contributed by atoms with Crippen LogP contribution in [0.25, 0.3) is 0 Å². The molecule has 1 unspecified atom stereocenters. The van der Waals surface area contributed by atoms with Gasteiger partial charge in [-0.15, -0.1) is 0 Å². The number of halogens is 1. The molecule has 34 heavy (non-hydrogen) atoms. The number of hydrogen-bond acceptors (Lipinski definition) is 8. The number of ketones is 1. The highest BCUT2D eigenvalue weighted by molar-refractivity contribution is 5.94. The zero-order valence-electron chi connectivity index (χ0n) is 19.1. The predicted molar refractivity (Wildman–Crippen MR) is 120 cm³/mol. The highest BCUT2D eigenvalue weighted by Gasteiger charge is 2.40. The number of fused-ring (bicyclic) bond motifs is 1. The van der Waals surface area contributed by atoms with Gasteiger partial charge in [0.25, 0.3) is 11.5 Å².